The molecule has 0 saturated carbocycles. The van der Waals surface area contributed by atoms with Crippen LogP contribution in [-0.4, -0.2) is 30.6 Å². The standard InChI is InChI=1S/C19H19Cl2N3O4S/c1-11(14-6-2-3-10-22-14)29(27,28)18-13(21)8-9-16(17(18)25)24-19(26)23-15-7-4-5-12(15)20/h2-3,5-6,8-11,15,25H,4,7H2,1H3,(H2,23,24,26). The third kappa shape index (κ3) is 4.49. The molecule has 3 N–H and O–H groups in total. The van der Waals surface area contributed by atoms with Crippen LogP contribution in [-0.2, 0) is 9.84 Å². The first-order chi connectivity index (χ1) is 13.7. The fourth-order valence-corrected chi connectivity index (χ4v) is 5.27. The van der Waals surface area contributed by atoms with Crippen LogP contribution in [0, 0.1) is 0 Å². The largest absolute Gasteiger partial charge is 0.504 e. The number of sulfone groups is 1. The van der Waals surface area contributed by atoms with Crippen molar-refractivity contribution >= 4 is 44.8 Å². The van der Waals surface area contributed by atoms with Gasteiger partial charge in [-0.2, -0.15) is 0 Å². The van der Waals surface area contributed by atoms with Gasteiger partial charge in [-0.3, -0.25) is 4.98 Å². The lowest BCUT2D eigenvalue weighted by Crippen LogP contribution is -2.37. The minimum atomic E-state index is -4.09. The summed E-state index contributed by atoms with van der Waals surface area (Å²) in [5.41, 5.74) is 0.221. The topological polar surface area (TPSA) is 108 Å². The molecule has 0 radical (unpaired) electrons. The highest BCUT2D eigenvalue weighted by Crippen LogP contribution is 2.41. The SMILES string of the molecule is CC(c1ccccn1)S(=O)(=O)c1c(Cl)ccc(NC(=O)NC2CCC=C2Cl)c1O. The molecule has 1 heterocycles. The van der Waals surface area contributed by atoms with E-state index in [4.69, 9.17) is 23.2 Å². The number of phenolic OH excluding ortho intramolecular Hbond substituents is 1. The van der Waals surface area contributed by atoms with Crippen LogP contribution in [0.1, 0.15) is 30.7 Å². The Kier molecular flexibility index (Phi) is 6.36. The third-order valence-electron chi connectivity index (χ3n) is 4.62. The molecular weight excluding hydrogens is 437 g/mol. The van der Waals surface area contributed by atoms with Gasteiger partial charge in [-0.25, -0.2) is 13.2 Å². The van der Waals surface area contributed by atoms with E-state index in [1.54, 1.807) is 18.2 Å². The smallest absolute Gasteiger partial charge is 0.319 e. The lowest BCUT2D eigenvalue weighted by molar-refractivity contribution is 0.250. The average molecular weight is 456 g/mol. The number of urea groups is 1. The zero-order chi connectivity index (χ0) is 21.2. The predicted octanol–water partition coefficient (Wildman–Crippen LogP) is 4.38. The van der Waals surface area contributed by atoms with Gasteiger partial charge in [-0.15, -0.1) is 0 Å². The summed E-state index contributed by atoms with van der Waals surface area (Å²) < 4.78 is 26.2. The summed E-state index contributed by atoms with van der Waals surface area (Å²) in [4.78, 5) is 15.9. The molecule has 2 unspecified atom stereocenters. The van der Waals surface area contributed by atoms with Crippen LogP contribution in [0.2, 0.25) is 5.02 Å². The van der Waals surface area contributed by atoms with Crippen LogP contribution in [0.15, 0.2) is 52.5 Å². The molecule has 7 nitrogen and oxygen atoms in total. The molecule has 1 aromatic heterocycles. The summed E-state index contributed by atoms with van der Waals surface area (Å²) in [5.74, 6) is -0.636. The number of pyridine rings is 1. The van der Waals surface area contributed by atoms with Gasteiger partial charge in [-0.05, 0) is 44.0 Å². The first kappa shape index (κ1) is 21.4. The Morgan fingerprint density at radius 1 is 1.28 bits per heavy atom. The van der Waals surface area contributed by atoms with Crippen LogP contribution in [0.4, 0.5) is 10.5 Å². The van der Waals surface area contributed by atoms with Gasteiger partial charge in [0.15, 0.2) is 15.6 Å². The number of anilines is 1. The maximum Gasteiger partial charge on any atom is 0.319 e. The van der Waals surface area contributed by atoms with Gasteiger partial charge in [0, 0.05) is 11.2 Å². The summed E-state index contributed by atoms with van der Waals surface area (Å²) in [7, 11) is -4.09. The molecule has 1 aliphatic carbocycles. The van der Waals surface area contributed by atoms with Gasteiger partial charge < -0.3 is 15.7 Å². The fraction of sp³-hybridized carbons (Fsp3) is 0.263. The molecule has 10 heteroatoms. The Morgan fingerprint density at radius 3 is 2.66 bits per heavy atom. The molecule has 0 aliphatic heterocycles. The molecule has 154 valence electrons. The number of aromatic nitrogens is 1. The highest BCUT2D eigenvalue weighted by atomic mass is 35.5. The van der Waals surface area contributed by atoms with Crippen molar-refractivity contribution in [2.45, 2.75) is 36.0 Å². The van der Waals surface area contributed by atoms with Crippen molar-refractivity contribution < 1.29 is 18.3 Å². The molecule has 1 aromatic carbocycles. The van der Waals surface area contributed by atoms with Gasteiger partial charge in [-0.1, -0.05) is 35.3 Å². The molecule has 29 heavy (non-hydrogen) atoms. The van der Waals surface area contributed by atoms with E-state index in [-0.39, 0.29) is 16.8 Å². The van der Waals surface area contributed by atoms with Crippen LogP contribution in [0.25, 0.3) is 0 Å². The van der Waals surface area contributed by atoms with Crippen LogP contribution in [0.3, 0.4) is 0 Å². The minimum Gasteiger partial charge on any atom is -0.504 e. The van der Waals surface area contributed by atoms with E-state index < -0.39 is 31.8 Å². The van der Waals surface area contributed by atoms with Crippen molar-refractivity contribution in [1.82, 2.24) is 10.3 Å². The number of allylic oxidation sites excluding steroid dienone is 1. The van der Waals surface area contributed by atoms with Crippen molar-refractivity contribution in [3.05, 3.63) is 58.4 Å². The molecule has 2 aromatic rings. The number of benzene rings is 1. The number of hydrogen-bond donors (Lipinski definition) is 3. The van der Waals surface area contributed by atoms with Gasteiger partial charge in [0.1, 0.15) is 10.1 Å². The number of carbonyl (C=O) groups is 1. The quantitative estimate of drug-likeness (QED) is 0.579. The monoisotopic (exact) mass is 455 g/mol. The highest BCUT2D eigenvalue weighted by Gasteiger charge is 2.32. The molecule has 0 bridgehead atoms. The molecule has 1 aliphatic rings. The van der Waals surface area contributed by atoms with Crippen LogP contribution >= 0.6 is 23.2 Å². The third-order valence-corrected chi connectivity index (χ3v) is 7.62. The first-order valence-corrected chi connectivity index (χ1v) is 11.1. The molecular formula is C19H19Cl2N3O4S. The van der Waals surface area contributed by atoms with Crippen molar-refractivity contribution in [3.8, 4) is 5.75 Å². The second kappa shape index (κ2) is 8.61. The van der Waals surface area contributed by atoms with E-state index in [1.807, 2.05) is 6.08 Å². The average Bonchev–Trinajstić information content (AvgIpc) is 3.08. The number of nitrogens with one attached hydrogen (secondary N) is 2. The van der Waals surface area contributed by atoms with Gasteiger partial charge >= 0.3 is 6.03 Å². The second-order valence-corrected chi connectivity index (χ2v) is 9.58. The van der Waals surface area contributed by atoms with Crippen molar-refractivity contribution in [3.63, 3.8) is 0 Å². The Labute approximate surface area is 178 Å². The van der Waals surface area contributed by atoms with E-state index in [0.29, 0.717) is 17.1 Å². The van der Waals surface area contributed by atoms with E-state index >= 15 is 0 Å². The normalized spacial score (nSPS) is 17.5. The zero-order valence-electron chi connectivity index (χ0n) is 15.4. The Balaban J connectivity index is 1.89. The summed E-state index contributed by atoms with van der Waals surface area (Å²) in [6.07, 6.45) is 4.72. The second-order valence-electron chi connectivity index (χ2n) is 6.53. The van der Waals surface area contributed by atoms with Gasteiger partial charge in [0.2, 0.25) is 0 Å². The number of aromatic hydroxyl groups is 1. The zero-order valence-corrected chi connectivity index (χ0v) is 17.7. The molecule has 2 atom stereocenters. The number of halogens is 2. The van der Waals surface area contributed by atoms with Crippen molar-refractivity contribution in [2.75, 3.05) is 5.32 Å². The lowest BCUT2D eigenvalue weighted by Gasteiger charge is -2.18. The Hall–Kier alpha value is -2.29. The maximum atomic E-state index is 13.1. The Bertz CT molecular complexity index is 1060. The van der Waals surface area contributed by atoms with Crippen molar-refractivity contribution in [1.29, 1.82) is 0 Å². The first-order valence-electron chi connectivity index (χ1n) is 8.81. The van der Waals surface area contributed by atoms with Crippen LogP contribution < -0.4 is 10.6 Å². The van der Waals surface area contributed by atoms with E-state index in [0.717, 1.165) is 6.42 Å². The van der Waals surface area contributed by atoms with Crippen molar-refractivity contribution in [2.24, 2.45) is 0 Å². The maximum absolute atomic E-state index is 13.1. The summed E-state index contributed by atoms with van der Waals surface area (Å²) in [6, 6.07) is 6.59. The van der Waals surface area contributed by atoms with E-state index in [1.165, 1.54) is 25.3 Å². The highest BCUT2D eigenvalue weighted by molar-refractivity contribution is 7.91. The summed E-state index contributed by atoms with van der Waals surface area (Å²) in [6.45, 7) is 1.45. The van der Waals surface area contributed by atoms with Gasteiger partial charge in [0.25, 0.3) is 0 Å². The number of nitrogens with zero attached hydrogens (tertiary/aromatic N) is 1. The molecule has 3 rings (SSSR count). The molecule has 0 fully saturated rings. The summed E-state index contributed by atoms with van der Waals surface area (Å²) in [5, 5.41) is 15.0. The number of hydrogen-bond acceptors (Lipinski definition) is 5. The number of carbonyl (C=O) groups excluding carboxylic acids is 1. The molecule has 0 saturated heterocycles. The van der Waals surface area contributed by atoms with Crippen LogP contribution in [0.5, 0.6) is 5.75 Å². The lowest BCUT2D eigenvalue weighted by atomic mass is 10.2. The molecule has 2 amide bonds. The number of amides is 2. The fourth-order valence-electron chi connectivity index (χ4n) is 3.00. The summed E-state index contributed by atoms with van der Waals surface area (Å²) >= 11 is 12.1. The number of rotatable bonds is 5. The predicted molar refractivity (Wildman–Crippen MR) is 112 cm³/mol. The number of phenols is 1. The Morgan fingerprint density at radius 2 is 2.03 bits per heavy atom. The minimum absolute atomic E-state index is 0.0863. The van der Waals surface area contributed by atoms with E-state index in [9.17, 15) is 18.3 Å². The molecule has 0 spiro atoms. The van der Waals surface area contributed by atoms with E-state index in [2.05, 4.69) is 15.6 Å². The van der Waals surface area contributed by atoms with Gasteiger partial charge in [0.05, 0.1) is 22.4 Å².